The molecule has 0 saturated carbocycles. The van der Waals surface area contributed by atoms with Crippen molar-refractivity contribution < 1.29 is 9.13 Å². The highest BCUT2D eigenvalue weighted by Gasteiger charge is 2.23. The lowest BCUT2D eigenvalue weighted by Gasteiger charge is -2.15. The number of aryl methyl sites for hydroxylation is 1. The van der Waals surface area contributed by atoms with Gasteiger partial charge in [-0.1, -0.05) is 29.8 Å². The van der Waals surface area contributed by atoms with Gasteiger partial charge in [-0.3, -0.25) is 9.36 Å². The van der Waals surface area contributed by atoms with Crippen molar-refractivity contribution >= 4 is 11.2 Å². The predicted octanol–water partition coefficient (Wildman–Crippen LogP) is 3.02. The minimum Gasteiger partial charge on any atom is -0.376 e. The lowest BCUT2D eigenvalue weighted by atomic mass is 10.1. The molecule has 1 aliphatic heterocycles. The van der Waals surface area contributed by atoms with Crippen LogP contribution in [-0.4, -0.2) is 31.4 Å². The van der Waals surface area contributed by atoms with Gasteiger partial charge in [-0.15, -0.1) is 0 Å². The van der Waals surface area contributed by atoms with Gasteiger partial charge in [0.25, 0.3) is 5.56 Å². The zero-order valence-electron chi connectivity index (χ0n) is 17.7. The van der Waals surface area contributed by atoms with Gasteiger partial charge < -0.3 is 9.30 Å². The molecule has 0 N–H and O–H groups in total. The molecular weight excluding hydrogens is 411 g/mol. The number of hydrogen-bond donors (Lipinski definition) is 0. The van der Waals surface area contributed by atoms with E-state index in [9.17, 15) is 14.0 Å². The molecule has 1 atom stereocenters. The molecule has 5 rings (SSSR count). The highest BCUT2D eigenvalue weighted by molar-refractivity contribution is 5.72. The summed E-state index contributed by atoms with van der Waals surface area (Å²) < 4.78 is 23.6. The quantitative estimate of drug-likeness (QED) is 0.484. The van der Waals surface area contributed by atoms with Crippen molar-refractivity contribution in [2.24, 2.45) is 0 Å². The van der Waals surface area contributed by atoms with Crippen LogP contribution < -0.4 is 11.2 Å². The molecule has 8 heteroatoms. The molecule has 0 unspecified atom stereocenters. The minimum absolute atomic E-state index is 0.171. The smallest absolute Gasteiger partial charge is 0.337 e. The van der Waals surface area contributed by atoms with E-state index < -0.39 is 17.1 Å². The Morgan fingerprint density at radius 2 is 1.84 bits per heavy atom. The SMILES string of the molecule is Cc1ccc(Cn2cnc3c2c(=O)n(C[C@H]2CCCO2)c(=O)n3-c2ccc(F)cc2)cc1. The van der Waals surface area contributed by atoms with Crippen LogP contribution in [-0.2, 0) is 17.8 Å². The van der Waals surface area contributed by atoms with Crippen molar-refractivity contribution in [3.05, 3.63) is 92.6 Å². The molecular formula is C24H23FN4O3. The first-order chi connectivity index (χ1) is 15.5. The minimum atomic E-state index is -0.509. The molecule has 1 fully saturated rings. The van der Waals surface area contributed by atoms with Crippen molar-refractivity contribution in [3.63, 3.8) is 0 Å². The van der Waals surface area contributed by atoms with E-state index in [2.05, 4.69) is 4.98 Å². The zero-order valence-corrected chi connectivity index (χ0v) is 17.7. The van der Waals surface area contributed by atoms with Gasteiger partial charge in [0.05, 0.1) is 24.7 Å². The van der Waals surface area contributed by atoms with E-state index in [1.807, 2.05) is 31.2 Å². The van der Waals surface area contributed by atoms with E-state index in [0.29, 0.717) is 24.4 Å². The van der Waals surface area contributed by atoms with Crippen molar-refractivity contribution in [1.82, 2.24) is 18.7 Å². The average molecular weight is 434 g/mol. The summed E-state index contributed by atoms with van der Waals surface area (Å²) >= 11 is 0. The summed E-state index contributed by atoms with van der Waals surface area (Å²) in [5.41, 5.74) is 2.28. The number of rotatable bonds is 5. The molecule has 0 aliphatic carbocycles. The van der Waals surface area contributed by atoms with Gasteiger partial charge in [0.2, 0.25) is 0 Å². The first-order valence-electron chi connectivity index (χ1n) is 10.6. The topological polar surface area (TPSA) is 71.1 Å². The van der Waals surface area contributed by atoms with Gasteiger partial charge in [0.15, 0.2) is 11.2 Å². The van der Waals surface area contributed by atoms with Crippen molar-refractivity contribution in [2.75, 3.05) is 6.61 Å². The maximum atomic E-state index is 13.5. The Bertz CT molecular complexity index is 1380. The normalized spacial score (nSPS) is 16.1. The molecule has 0 amide bonds. The van der Waals surface area contributed by atoms with Crippen LogP contribution in [0, 0.1) is 12.7 Å². The van der Waals surface area contributed by atoms with Gasteiger partial charge in [0.1, 0.15) is 5.82 Å². The van der Waals surface area contributed by atoms with E-state index in [4.69, 9.17) is 4.74 Å². The van der Waals surface area contributed by atoms with Crippen molar-refractivity contribution in [1.29, 1.82) is 0 Å². The number of nitrogens with zero attached hydrogens (tertiary/aromatic N) is 4. The van der Waals surface area contributed by atoms with E-state index >= 15 is 0 Å². The molecule has 1 saturated heterocycles. The van der Waals surface area contributed by atoms with Crippen LogP contribution >= 0.6 is 0 Å². The fraction of sp³-hybridized carbons (Fsp3) is 0.292. The molecule has 164 valence electrons. The summed E-state index contributed by atoms with van der Waals surface area (Å²) in [6.07, 6.45) is 3.08. The second kappa shape index (κ2) is 8.20. The van der Waals surface area contributed by atoms with Gasteiger partial charge in [-0.05, 0) is 49.6 Å². The molecule has 0 bridgehead atoms. The maximum absolute atomic E-state index is 13.5. The highest BCUT2D eigenvalue weighted by atomic mass is 19.1. The van der Waals surface area contributed by atoms with E-state index in [0.717, 1.165) is 24.0 Å². The Balaban J connectivity index is 1.71. The number of benzene rings is 2. The molecule has 3 heterocycles. The predicted molar refractivity (Wildman–Crippen MR) is 119 cm³/mol. The number of fused-ring (bicyclic) bond motifs is 1. The fourth-order valence-electron chi connectivity index (χ4n) is 4.17. The summed E-state index contributed by atoms with van der Waals surface area (Å²) in [6.45, 7) is 3.25. The van der Waals surface area contributed by atoms with Crippen LogP contribution in [0.1, 0.15) is 24.0 Å². The lowest BCUT2D eigenvalue weighted by Crippen LogP contribution is -2.42. The molecule has 2 aromatic carbocycles. The number of aromatic nitrogens is 4. The first kappa shape index (κ1) is 20.4. The standard InChI is InChI=1S/C24H23FN4O3/c1-16-4-6-17(7-5-16)13-27-15-26-22-21(27)23(30)28(14-20-3-2-12-32-20)24(31)29(22)19-10-8-18(25)9-11-19/h4-11,15,20H,2-3,12-14H2,1H3/t20-/m1/s1. The van der Waals surface area contributed by atoms with Gasteiger partial charge >= 0.3 is 5.69 Å². The molecule has 32 heavy (non-hydrogen) atoms. The maximum Gasteiger partial charge on any atom is 0.337 e. The number of hydrogen-bond acceptors (Lipinski definition) is 4. The Morgan fingerprint density at radius 3 is 2.53 bits per heavy atom. The summed E-state index contributed by atoms with van der Waals surface area (Å²) in [5, 5.41) is 0. The van der Waals surface area contributed by atoms with Crippen molar-refractivity contribution in [2.45, 2.75) is 39.0 Å². The zero-order chi connectivity index (χ0) is 22.2. The summed E-state index contributed by atoms with van der Waals surface area (Å²) in [6, 6.07) is 13.6. The van der Waals surface area contributed by atoms with Crippen LogP contribution in [0.5, 0.6) is 0 Å². The number of imidazole rings is 1. The summed E-state index contributed by atoms with van der Waals surface area (Å²) in [4.78, 5) is 31.3. The fourth-order valence-corrected chi connectivity index (χ4v) is 4.17. The van der Waals surface area contributed by atoms with E-state index in [-0.39, 0.29) is 18.3 Å². The lowest BCUT2D eigenvalue weighted by molar-refractivity contribution is 0.0950. The first-order valence-corrected chi connectivity index (χ1v) is 10.6. The Kier molecular flexibility index (Phi) is 5.22. The summed E-state index contributed by atoms with van der Waals surface area (Å²) in [5.74, 6) is -0.407. The Hall–Kier alpha value is -3.52. The van der Waals surface area contributed by atoms with E-state index in [1.54, 1.807) is 10.9 Å². The molecule has 0 radical (unpaired) electrons. The molecule has 0 spiro atoms. The second-order valence-corrected chi connectivity index (χ2v) is 8.18. The van der Waals surface area contributed by atoms with Crippen LogP contribution in [0.3, 0.4) is 0 Å². The third-order valence-electron chi connectivity index (χ3n) is 5.87. The monoisotopic (exact) mass is 434 g/mol. The van der Waals surface area contributed by atoms with Crippen LogP contribution in [0.25, 0.3) is 16.9 Å². The van der Waals surface area contributed by atoms with Crippen LogP contribution in [0.2, 0.25) is 0 Å². The average Bonchev–Trinajstić information content (AvgIpc) is 3.44. The van der Waals surface area contributed by atoms with Gasteiger partial charge in [-0.2, -0.15) is 0 Å². The van der Waals surface area contributed by atoms with Crippen LogP contribution in [0.15, 0.2) is 64.4 Å². The Morgan fingerprint density at radius 1 is 1.09 bits per heavy atom. The number of halogens is 1. The molecule has 4 aromatic rings. The third-order valence-corrected chi connectivity index (χ3v) is 5.87. The second-order valence-electron chi connectivity index (χ2n) is 8.18. The van der Waals surface area contributed by atoms with Crippen molar-refractivity contribution in [3.8, 4) is 5.69 Å². The molecule has 1 aliphatic rings. The Labute approximate surface area is 183 Å². The molecule has 2 aromatic heterocycles. The van der Waals surface area contributed by atoms with Gasteiger partial charge in [-0.25, -0.2) is 18.7 Å². The summed E-state index contributed by atoms with van der Waals surface area (Å²) in [7, 11) is 0. The van der Waals surface area contributed by atoms with Gasteiger partial charge in [0, 0.05) is 13.2 Å². The number of ether oxygens (including phenoxy) is 1. The van der Waals surface area contributed by atoms with E-state index in [1.165, 1.54) is 33.4 Å². The largest absolute Gasteiger partial charge is 0.376 e. The van der Waals surface area contributed by atoms with Crippen LogP contribution in [0.4, 0.5) is 4.39 Å². The third kappa shape index (κ3) is 3.67. The highest BCUT2D eigenvalue weighted by Crippen LogP contribution is 2.17. The molecule has 7 nitrogen and oxygen atoms in total.